The summed E-state index contributed by atoms with van der Waals surface area (Å²) in [6.45, 7) is -0.326. The molecule has 1 aromatic carbocycles. The zero-order valence-electron chi connectivity index (χ0n) is 8.60. The molecule has 1 aromatic rings. The number of ether oxygens (including phenoxy) is 1. The van der Waals surface area contributed by atoms with Crippen molar-refractivity contribution in [3.8, 4) is 5.75 Å². The number of aliphatic hydroxyl groups excluding tert-OH is 1. The van der Waals surface area contributed by atoms with Crippen molar-refractivity contribution in [2.45, 2.75) is 6.61 Å². The van der Waals surface area contributed by atoms with Crippen LogP contribution in [0.5, 0.6) is 5.75 Å². The van der Waals surface area contributed by atoms with Crippen molar-refractivity contribution in [3.05, 3.63) is 44.4 Å². The average molecular weight is 278 g/mol. The quantitative estimate of drug-likeness (QED) is 0.664. The van der Waals surface area contributed by atoms with Crippen molar-refractivity contribution < 1.29 is 14.8 Å². The van der Waals surface area contributed by atoms with Gasteiger partial charge < -0.3 is 9.84 Å². The summed E-state index contributed by atoms with van der Waals surface area (Å²) in [6.07, 6.45) is 0. The normalized spacial score (nSPS) is 11.4. The molecular weight excluding hydrogens is 269 g/mol. The van der Waals surface area contributed by atoms with Crippen LogP contribution in [0.15, 0.2) is 28.8 Å². The molecule has 7 heteroatoms. The Balaban J connectivity index is 2.94. The highest BCUT2D eigenvalue weighted by Gasteiger charge is 2.16. The highest BCUT2D eigenvalue weighted by molar-refractivity contribution is 6.36. The van der Waals surface area contributed by atoms with E-state index in [1.807, 2.05) is 0 Å². The Morgan fingerprint density at radius 3 is 2.82 bits per heavy atom. The minimum absolute atomic E-state index is 0.0512. The van der Waals surface area contributed by atoms with E-state index in [4.69, 9.17) is 33.0 Å². The van der Waals surface area contributed by atoms with Crippen LogP contribution >= 0.6 is 23.2 Å². The largest absolute Gasteiger partial charge is 0.481 e. The monoisotopic (exact) mass is 277 g/mol. The predicted molar refractivity (Wildman–Crippen MR) is 64.3 cm³/mol. The van der Waals surface area contributed by atoms with Crippen molar-refractivity contribution >= 4 is 28.9 Å². The number of aliphatic hydroxyl groups is 1. The summed E-state index contributed by atoms with van der Waals surface area (Å²) < 4.78 is 5.14. The molecule has 17 heavy (non-hydrogen) atoms. The molecule has 0 fully saturated rings. The average Bonchev–Trinajstić information content (AvgIpc) is 2.35. The maximum absolute atomic E-state index is 10.8. The van der Waals surface area contributed by atoms with E-state index < -0.39 is 4.92 Å². The highest BCUT2D eigenvalue weighted by atomic mass is 35.5. The maximum Gasteiger partial charge on any atom is 0.311 e. The number of nitro groups is 1. The number of hydrogen-bond acceptors (Lipinski definition) is 4. The molecule has 0 aliphatic carbocycles. The first kappa shape index (κ1) is 13.8. The van der Waals surface area contributed by atoms with Crippen LogP contribution < -0.4 is 4.74 Å². The van der Waals surface area contributed by atoms with Gasteiger partial charge in [0.15, 0.2) is 5.75 Å². The van der Waals surface area contributed by atoms with Gasteiger partial charge in [0.2, 0.25) is 0 Å². The summed E-state index contributed by atoms with van der Waals surface area (Å²) in [5.74, 6) is 0.0730. The van der Waals surface area contributed by atoms with Gasteiger partial charge in [0.05, 0.1) is 16.6 Å². The topological polar surface area (TPSA) is 72.6 Å². The molecule has 0 aliphatic heterocycles. The lowest BCUT2D eigenvalue weighted by atomic mass is 10.2. The lowest BCUT2D eigenvalue weighted by Gasteiger charge is -2.06. The molecule has 0 spiro atoms. The van der Waals surface area contributed by atoms with Gasteiger partial charge in [-0.2, -0.15) is 0 Å². The number of hydrogen-bond donors (Lipinski definition) is 1. The van der Waals surface area contributed by atoms with E-state index in [0.29, 0.717) is 5.56 Å². The second kappa shape index (κ2) is 6.44. The molecule has 0 bridgehead atoms. The highest BCUT2D eigenvalue weighted by Crippen LogP contribution is 2.28. The third-order valence-electron chi connectivity index (χ3n) is 1.89. The van der Waals surface area contributed by atoms with Crippen LogP contribution in [-0.2, 0) is 6.61 Å². The summed E-state index contributed by atoms with van der Waals surface area (Å²) in [5.41, 5.74) is 1.33. The minimum Gasteiger partial charge on any atom is -0.481 e. The lowest BCUT2D eigenvalue weighted by Crippen LogP contribution is -2.01. The van der Waals surface area contributed by atoms with E-state index in [0.717, 1.165) is 5.54 Å². The molecule has 0 saturated heterocycles. The van der Waals surface area contributed by atoms with Crippen molar-refractivity contribution in [1.29, 1.82) is 0 Å². The van der Waals surface area contributed by atoms with Gasteiger partial charge in [-0.1, -0.05) is 29.3 Å². The molecule has 0 unspecified atom stereocenters. The van der Waals surface area contributed by atoms with Crippen molar-refractivity contribution in [2.24, 2.45) is 0 Å². The van der Waals surface area contributed by atoms with E-state index in [9.17, 15) is 10.1 Å². The lowest BCUT2D eigenvalue weighted by molar-refractivity contribution is -0.385. The molecule has 92 valence electrons. The second-order valence-corrected chi connectivity index (χ2v) is 3.77. The molecule has 1 rings (SSSR count). The SMILES string of the molecule is O=[N+]([O-])c1cc(CO)ccc1OCC(Cl)=CCl. The summed E-state index contributed by atoms with van der Waals surface area (Å²) in [6, 6.07) is 4.18. The Kier molecular flexibility index (Phi) is 5.21. The van der Waals surface area contributed by atoms with Crippen molar-refractivity contribution in [3.63, 3.8) is 0 Å². The van der Waals surface area contributed by atoms with Crippen LogP contribution in [-0.4, -0.2) is 16.6 Å². The fraction of sp³-hybridized carbons (Fsp3) is 0.200. The molecule has 0 aromatic heterocycles. The minimum atomic E-state index is -0.590. The Hall–Kier alpha value is -1.30. The molecular formula is C10H9Cl2NO4. The van der Waals surface area contributed by atoms with Crippen LogP contribution in [0.3, 0.4) is 0 Å². The summed E-state index contributed by atoms with van der Waals surface area (Å²) in [5, 5.41) is 19.9. The third kappa shape index (κ3) is 3.89. The smallest absolute Gasteiger partial charge is 0.311 e. The van der Waals surface area contributed by atoms with Gasteiger partial charge in [0.25, 0.3) is 0 Å². The maximum atomic E-state index is 10.8. The molecule has 0 aliphatic rings. The summed E-state index contributed by atoms with van der Waals surface area (Å²) >= 11 is 10.9. The van der Waals surface area contributed by atoms with Crippen molar-refractivity contribution in [2.75, 3.05) is 6.61 Å². The Morgan fingerprint density at radius 2 is 2.29 bits per heavy atom. The number of nitro benzene ring substituents is 1. The third-order valence-corrected chi connectivity index (χ3v) is 2.48. The molecule has 0 atom stereocenters. The van der Waals surface area contributed by atoms with E-state index in [1.165, 1.54) is 18.2 Å². The predicted octanol–water partition coefficient (Wildman–Crippen LogP) is 2.78. The first-order valence-corrected chi connectivity index (χ1v) is 5.35. The van der Waals surface area contributed by atoms with Gasteiger partial charge in [-0.3, -0.25) is 10.1 Å². The van der Waals surface area contributed by atoms with E-state index in [-0.39, 0.29) is 29.7 Å². The first-order valence-electron chi connectivity index (χ1n) is 4.54. The van der Waals surface area contributed by atoms with E-state index >= 15 is 0 Å². The molecule has 5 nitrogen and oxygen atoms in total. The number of benzene rings is 1. The van der Waals surface area contributed by atoms with Crippen LogP contribution in [0, 0.1) is 10.1 Å². The molecule has 0 heterocycles. The zero-order chi connectivity index (χ0) is 12.8. The Bertz CT molecular complexity index is 448. The van der Waals surface area contributed by atoms with Gasteiger partial charge in [-0.25, -0.2) is 0 Å². The van der Waals surface area contributed by atoms with Crippen LogP contribution in [0.1, 0.15) is 5.56 Å². The van der Waals surface area contributed by atoms with Gasteiger partial charge in [0.1, 0.15) is 6.61 Å². The van der Waals surface area contributed by atoms with Crippen LogP contribution in [0.4, 0.5) is 5.69 Å². The number of rotatable bonds is 5. The summed E-state index contributed by atoms with van der Waals surface area (Å²) in [7, 11) is 0. The van der Waals surface area contributed by atoms with E-state index in [1.54, 1.807) is 0 Å². The van der Waals surface area contributed by atoms with Gasteiger partial charge in [-0.15, -0.1) is 0 Å². The molecule has 1 N–H and O–H groups in total. The molecule has 0 saturated carbocycles. The number of nitrogens with zero attached hydrogens (tertiary/aromatic N) is 1. The molecule has 0 radical (unpaired) electrons. The van der Waals surface area contributed by atoms with Gasteiger partial charge in [-0.05, 0) is 11.6 Å². The second-order valence-electron chi connectivity index (χ2n) is 3.06. The zero-order valence-corrected chi connectivity index (χ0v) is 10.1. The van der Waals surface area contributed by atoms with Crippen molar-refractivity contribution in [1.82, 2.24) is 0 Å². The standard InChI is InChI=1S/C10H9Cl2NO4/c11-4-8(12)6-17-10-2-1-7(5-14)3-9(10)13(15)16/h1-4,14H,5-6H2. The molecule has 0 amide bonds. The number of halogens is 2. The Morgan fingerprint density at radius 1 is 1.59 bits per heavy atom. The fourth-order valence-electron chi connectivity index (χ4n) is 1.10. The van der Waals surface area contributed by atoms with Crippen LogP contribution in [0.25, 0.3) is 0 Å². The van der Waals surface area contributed by atoms with Gasteiger partial charge in [0, 0.05) is 11.6 Å². The van der Waals surface area contributed by atoms with Gasteiger partial charge >= 0.3 is 5.69 Å². The van der Waals surface area contributed by atoms with E-state index in [2.05, 4.69) is 0 Å². The first-order chi connectivity index (χ1) is 8.08. The Labute approximate surface area is 107 Å². The fourth-order valence-corrected chi connectivity index (χ4v) is 1.22. The summed E-state index contributed by atoms with van der Waals surface area (Å²) in [4.78, 5) is 10.2. The van der Waals surface area contributed by atoms with Crippen LogP contribution in [0.2, 0.25) is 0 Å².